The molecule has 0 bridgehead atoms. The maximum absolute atomic E-state index is 14.0. The van der Waals surface area contributed by atoms with Gasteiger partial charge in [0.25, 0.3) is 5.60 Å². The van der Waals surface area contributed by atoms with E-state index in [1.165, 1.54) is 0 Å². The normalized spacial score (nSPS) is 35.6. The first-order chi connectivity index (χ1) is 15.0. The molecule has 5 unspecified atom stereocenters. The third-order valence-corrected chi connectivity index (χ3v) is 8.02. The van der Waals surface area contributed by atoms with Crippen LogP contribution < -0.4 is 0 Å². The monoisotopic (exact) mass is 497 g/mol. The molecule has 5 nitrogen and oxygen atoms in total. The Morgan fingerprint density at radius 2 is 0.939 bits per heavy atom. The minimum atomic E-state index is -6.11. The number of rotatable bonds is 3. The van der Waals surface area contributed by atoms with Crippen LogP contribution in [0.25, 0.3) is 10.4 Å². The summed E-state index contributed by atoms with van der Waals surface area (Å²) in [4.78, 5) is 2.12. The Morgan fingerprint density at radius 1 is 0.606 bits per heavy atom. The Hall–Kier alpha value is -1.40. The van der Waals surface area contributed by atoms with Crippen LogP contribution in [0.15, 0.2) is 5.11 Å². The van der Waals surface area contributed by atoms with E-state index >= 15 is 0 Å². The van der Waals surface area contributed by atoms with Gasteiger partial charge in [0.2, 0.25) is 5.72 Å². The fourth-order valence-electron chi connectivity index (χ4n) is 6.93. The fraction of sp³-hybridized carbons (Fsp3) is 1.00. The quantitative estimate of drug-likeness (QED) is 0.209. The van der Waals surface area contributed by atoms with Gasteiger partial charge < -0.3 is 10.2 Å². The molecule has 0 heterocycles. The van der Waals surface area contributed by atoms with Crippen LogP contribution >= 0.6 is 0 Å². The van der Waals surface area contributed by atoms with Gasteiger partial charge in [0.15, 0.2) is 0 Å². The van der Waals surface area contributed by atoms with E-state index in [1.54, 1.807) is 0 Å². The lowest BCUT2D eigenvalue weighted by atomic mass is 9.46. The zero-order valence-electron chi connectivity index (χ0n) is 17.3. The summed E-state index contributed by atoms with van der Waals surface area (Å²) in [5.41, 5.74) is -0.352. The molecule has 3 rings (SSSR count). The summed E-state index contributed by atoms with van der Waals surface area (Å²) >= 11 is 0. The van der Waals surface area contributed by atoms with Gasteiger partial charge in [-0.15, -0.1) is 0 Å². The Balaban J connectivity index is 2.26. The molecule has 33 heavy (non-hydrogen) atoms. The first kappa shape index (κ1) is 26.2. The van der Waals surface area contributed by atoms with Crippen LogP contribution in [-0.4, -0.2) is 40.1 Å². The molecule has 0 aliphatic heterocycles. The van der Waals surface area contributed by atoms with Crippen LogP contribution in [0.5, 0.6) is 0 Å². The molecular weight excluding hydrogens is 473 g/mol. The maximum atomic E-state index is 14.0. The topological polar surface area (TPSA) is 89.2 Å². The van der Waals surface area contributed by atoms with Gasteiger partial charge in [-0.3, -0.25) is 0 Å². The molecule has 0 aromatic heterocycles. The summed E-state index contributed by atoms with van der Waals surface area (Å²) < 4.78 is 125. The molecule has 3 fully saturated rings. The Kier molecular flexibility index (Phi) is 6.65. The lowest BCUT2D eigenvalue weighted by molar-refractivity contribution is -0.406. The van der Waals surface area contributed by atoms with Crippen LogP contribution in [0, 0.1) is 35.5 Å². The maximum Gasteiger partial charge on any atom is 0.426 e. The number of azide groups is 1. The van der Waals surface area contributed by atoms with E-state index in [0.717, 1.165) is 0 Å². The van der Waals surface area contributed by atoms with Gasteiger partial charge in [0.1, 0.15) is 0 Å². The van der Waals surface area contributed by atoms with E-state index in [-0.39, 0.29) is 51.4 Å². The van der Waals surface area contributed by atoms with E-state index in [4.69, 9.17) is 5.53 Å². The lowest BCUT2D eigenvalue weighted by Gasteiger charge is -2.61. The molecule has 190 valence electrons. The van der Waals surface area contributed by atoms with Gasteiger partial charge in [-0.25, -0.2) is 0 Å². The molecule has 0 aromatic rings. The lowest BCUT2D eigenvalue weighted by Crippen LogP contribution is -2.70. The number of hydrogen-bond donors (Lipinski definition) is 2. The van der Waals surface area contributed by atoms with Gasteiger partial charge >= 0.3 is 18.5 Å². The summed E-state index contributed by atoms with van der Waals surface area (Å²) in [7, 11) is 0. The van der Waals surface area contributed by atoms with E-state index in [2.05, 4.69) is 10.0 Å². The van der Waals surface area contributed by atoms with Crippen molar-refractivity contribution in [2.45, 2.75) is 81.2 Å². The highest BCUT2D eigenvalue weighted by atomic mass is 19.4. The van der Waals surface area contributed by atoms with Gasteiger partial charge in [0, 0.05) is 16.7 Å². The third-order valence-electron chi connectivity index (χ3n) is 8.02. The van der Waals surface area contributed by atoms with Gasteiger partial charge in [-0.2, -0.15) is 39.5 Å². The summed E-state index contributed by atoms with van der Waals surface area (Å²) in [6.07, 6.45) is -17.8. The third kappa shape index (κ3) is 3.95. The van der Waals surface area contributed by atoms with Crippen LogP contribution in [-0.2, 0) is 0 Å². The van der Waals surface area contributed by atoms with Crippen molar-refractivity contribution in [2.75, 3.05) is 0 Å². The zero-order chi connectivity index (χ0) is 25.0. The van der Waals surface area contributed by atoms with Gasteiger partial charge in [0.05, 0.1) is 0 Å². The molecule has 5 atom stereocenters. The van der Waals surface area contributed by atoms with Crippen molar-refractivity contribution >= 4 is 0 Å². The van der Waals surface area contributed by atoms with E-state index in [9.17, 15) is 49.7 Å². The number of fused-ring (bicyclic) bond motifs is 2. The molecule has 0 spiro atoms. The van der Waals surface area contributed by atoms with Crippen molar-refractivity contribution in [3.05, 3.63) is 10.4 Å². The largest absolute Gasteiger partial charge is 0.426 e. The molecule has 0 radical (unpaired) electrons. The van der Waals surface area contributed by atoms with Crippen molar-refractivity contribution in [1.82, 2.24) is 0 Å². The van der Waals surface area contributed by atoms with Crippen molar-refractivity contribution in [3.8, 4) is 0 Å². The summed E-state index contributed by atoms with van der Waals surface area (Å²) in [6.45, 7) is 0. The van der Waals surface area contributed by atoms with Crippen LogP contribution in [0.3, 0.4) is 0 Å². The highest BCUT2D eigenvalue weighted by Crippen LogP contribution is 2.66. The fourth-order valence-corrected chi connectivity index (χ4v) is 6.93. The first-order valence-electron chi connectivity index (χ1n) is 10.7. The first-order valence-corrected chi connectivity index (χ1v) is 10.7. The smallest absolute Gasteiger partial charge is 0.376 e. The number of hydrogen-bond acceptors (Lipinski definition) is 3. The van der Waals surface area contributed by atoms with Gasteiger partial charge in [-0.1, -0.05) is 25.7 Å². The standard InChI is InChI=1S/C19H24F9N3O2/c20-17(21,22)15(32,18(23,24)25)13-9-5-1-3-7-11(9)14(12-8-4-2-6-10(12)13)16(33,30-31-29)19(26,27)28/h9-14,32-33H,1-8H2. The summed E-state index contributed by atoms with van der Waals surface area (Å²) in [5, 5.41) is 23.6. The van der Waals surface area contributed by atoms with E-state index in [0.29, 0.717) is 0 Å². The SMILES string of the molecule is [N-]=[N+]=NC(O)(C1C2CCCCC2C(C(O)(C(F)(F)F)C(F)(F)F)C2CCCCC21)C(F)(F)F. The predicted molar refractivity (Wildman–Crippen MR) is 95.1 cm³/mol. The highest BCUT2D eigenvalue weighted by molar-refractivity contribution is 5.14. The van der Waals surface area contributed by atoms with Gasteiger partial charge in [-0.05, 0) is 60.0 Å². The number of aliphatic hydroxyl groups is 2. The number of halogens is 9. The second-order valence-electron chi connectivity index (χ2n) is 9.45. The number of nitrogens with zero attached hydrogens (tertiary/aromatic N) is 3. The summed E-state index contributed by atoms with van der Waals surface area (Å²) in [5.74, 6) is -10.4. The average molecular weight is 497 g/mol. The molecule has 3 aliphatic carbocycles. The van der Waals surface area contributed by atoms with Crippen molar-refractivity contribution in [3.63, 3.8) is 0 Å². The van der Waals surface area contributed by atoms with Crippen molar-refractivity contribution in [2.24, 2.45) is 40.6 Å². The molecular formula is C19H24F9N3O2. The minimum absolute atomic E-state index is 0.166. The summed E-state index contributed by atoms with van der Waals surface area (Å²) in [6, 6.07) is 0. The Morgan fingerprint density at radius 3 is 1.21 bits per heavy atom. The molecule has 2 N–H and O–H groups in total. The molecule has 0 aromatic carbocycles. The van der Waals surface area contributed by atoms with Crippen molar-refractivity contribution < 1.29 is 49.7 Å². The molecule has 14 heteroatoms. The molecule has 3 aliphatic rings. The van der Waals surface area contributed by atoms with Crippen LogP contribution in [0.4, 0.5) is 39.5 Å². The second kappa shape index (κ2) is 8.37. The van der Waals surface area contributed by atoms with Crippen LogP contribution in [0.2, 0.25) is 0 Å². The van der Waals surface area contributed by atoms with E-state index < -0.39 is 65.4 Å². The predicted octanol–water partition coefficient (Wildman–Crippen LogP) is 6.26. The molecule has 3 saturated carbocycles. The Labute approximate surface area is 183 Å². The minimum Gasteiger partial charge on any atom is -0.376 e. The molecule has 0 saturated heterocycles. The average Bonchev–Trinajstić information content (AvgIpc) is 2.68. The molecule has 0 amide bonds. The highest BCUT2D eigenvalue weighted by Gasteiger charge is 2.78. The van der Waals surface area contributed by atoms with E-state index in [1.807, 2.05) is 0 Å². The second-order valence-corrected chi connectivity index (χ2v) is 9.45. The van der Waals surface area contributed by atoms with Crippen molar-refractivity contribution in [1.29, 1.82) is 0 Å². The Bertz CT molecular complexity index is 740. The zero-order valence-corrected chi connectivity index (χ0v) is 17.3. The van der Waals surface area contributed by atoms with Crippen LogP contribution in [0.1, 0.15) is 51.4 Å². The number of alkyl halides is 9.